The average molecular weight is 243 g/mol. The van der Waals surface area contributed by atoms with Crippen molar-refractivity contribution in [2.75, 3.05) is 26.2 Å². The number of carbonyl (C=O) groups is 2. The highest BCUT2D eigenvalue weighted by Gasteiger charge is 2.38. The van der Waals surface area contributed by atoms with Gasteiger partial charge in [-0.1, -0.05) is 6.92 Å². The van der Waals surface area contributed by atoms with Crippen LogP contribution in [-0.4, -0.2) is 48.7 Å². The Morgan fingerprint density at radius 1 is 1.35 bits per heavy atom. The molecule has 1 heterocycles. The van der Waals surface area contributed by atoms with Gasteiger partial charge in [-0.3, -0.25) is 9.59 Å². The van der Waals surface area contributed by atoms with Crippen LogP contribution in [0.1, 0.15) is 26.2 Å². The van der Waals surface area contributed by atoms with Crippen LogP contribution in [0, 0.1) is 0 Å². The molecule has 1 fully saturated rings. The van der Waals surface area contributed by atoms with Gasteiger partial charge < -0.3 is 21.1 Å². The number of amides is 1. The molecule has 1 saturated heterocycles. The van der Waals surface area contributed by atoms with Gasteiger partial charge in [0.05, 0.1) is 12.0 Å². The molecule has 0 aliphatic carbocycles. The zero-order chi connectivity index (χ0) is 12.7. The highest BCUT2D eigenvalue weighted by molar-refractivity contribution is 5.76. The van der Waals surface area contributed by atoms with Crippen LogP contribution in [0.5, 0.6) is 0 Å². The lowest BCUT2D eigenvalue weighted by Gasteiger charge is -2.42. The molecule has 6 heteroatoms. The van der Waals surface area contributed by atoms with Crippen molar-refractivity contribution < 1.29 is 14.7 Å². The monoisotopic (exact) mass is 243 g/mol. The summed E-state index contributed by atoms with van der Waals surface area (Å²) in [6.07, 6.45) is 1.41. The zero-order valence-electron chi connectivity index (χ0n) is 10.2. The van der Waals surface area contributed by atoms with Crippen LogP contribution in [0.3, 0.4) is 0 Å². The summed E-state index contributed by atoms with van der Waals surface area (Å²) in [4.78, 5) is 22.0. The summed E-state index contributed by atoms with van der Waals surface area (Å²) in [5.74, 6) is -0.799. The second-order valence-electron chi connectivity index (χ2n) is 4.48. The smallest absolute Gasteiger partial charge is 0.305 e. The summed E-state index contributed by atoms with van der Waals surface area (Å²) in [6, 6.07) is 0. The molecular formula is C11H21N3O3. The molecule has 4 N–H and O–H groups in total. The van der Waals surface area contributed by atoms with Crippen LogP contribution in [0.2, 0.25) is 0 Å². The van der Waals surface area contributed by atoms with Gasteiger partial charge in [-0.2, -0.15) is 0 Å². The lowest BCUT2D eigenvalue weighted by atomic mass is 9.88. The Balaban J connectivity index is 2.20. The lowest BCUT2D eigenvalue weighted by Crippen LogP contribution is -2.68. The van der Waals surface area contributed by atoms with Gasteiger partial charge in [-0.15, -0.1) is 0 Å². The summed E-state index contributed by atoms with van der Waals surface area (Å²) in [6.45, 7) is 4.51. The Morgan fingerprint density at radius 2 is 2.06 bits per heavy atom. The molecule has 17 heavy (non-hydrogen) atoms. The Morgan fingerprint density at radius 3 is 2.53 bits per heavy atom. The van der Waals surface area contributed by atoms with E-state index in [9.17, 15) is 9.59 Å². The predicted octanol–water partition coefficient (Wildman–Crippen LogP) is -0.691. The number of aliphatic carboxylic acids is 1. The molecule has 0 unspecified atom stereocenters. The molecule has 0 aromatic rings. The average Bonchev–Trinajstić information content (AvgIpc) is 2.22. The van der Waals surface area contributed by atoms with E-state index < -0.39 is 5.97 Å². The van der Waals surface area contributed by atoms with E-state index in [1.54, 1.807) is 0 Å². The Bertz CT molecular complexity index is 277. The van der Waals surface area contributed by atoms with Gasteiger partial charge in [0.15, 0.2) is 0 Å². The third kappa shape index (κ3) is 4.70. The molecule has 0 aromatic carbocycles. The second-order valence-corrected chi connectivity index (χ2v) is 4.48. The van der Waals surface area contributed by atoms with Crippen LogP contribution in [0.15, 0.2) is 0 Å². The molecule has 1 rings (SSSR count). The minimum Gasteiger partial charge on any atom is -0.481 e. The zero-order valence-corrected chi connectivity index (χ0v) is 10.2. The molecule has 0 spiro atoms. The number of hydrogen-bond acceptors (Lipinski definition) is 4. The van der Waals surface area contributed by atoms with E-state index in [4.69, 9.17) is 5.11 Å². The van der Waals surface area contributed by atoms with E-state index in [0.717, 1.165) is 6.42 Å². The first-order valence-electron chi connectivity index (χ1n) is 6.02. The molecule has 0 atom stereocenters. The largest absolute Gasteiger partial charge is 0.481 e. The minimum atomic E-state index is -0.811. The first-order chi connectivity index (χ1) is 8.08. The molecule has 0 radical (unpaired) electrons. The summed E-state index contributed by atoms with van der Waals surface area (Å²) in [5.41, 5.74) is -0.364. The third-order valence-corrected chi connectivity index (χ3v) is 2.84. The number of hydrogen-bond donors (Lipinski definition) is 4. The number of nitrogens with one attached hydrogen (secondary N) is 3. The normalized spacial score (nSPS) is 17.2. The van der Waals surface area contributed by atoms with Crippen molar-refractivity contribution in [3.8, 4) is 0 Å². The Hall–Kier alpha value is -1.14. The molecule has 1 aliphatic rings. The molecule has 98 valence electrons. The van der Waals surface area contributed by atoms with E-state index >= 15 is 0 Å². The van der Waals surface area contributed by atoms with Gasteiger partial charge in [0.25, 0.3) is 0 Å². The fourth-order valence-electron chi connectivity index (χ4n) is 1.82. The van der Waals surface area contributed by atoms with Crippen LogP contribution >= 0.6 is 0 Å². The van der Waals surface area contributed by atoms with Crippen molar-refractivity contribution in [1.82, 2.24) is 16.0 Å². The molecule has 0 bridgehead atoms. The van der Waals surface area contributed by atoms with Crippen molar-refractivity contribution in [2.45, 2.75) is 31.7 Å². The highest BCUT2D eigenvalue weighted by Crippen LogP contribution is 2.15. The van der Waals surface area contributed by atoms with Crippen molar-refractivity contribution in [2.24, 2.45) is 0 Å². The van der Waals surface area contributed by atoms with Crippen LogP contribution in [0.4, 0.5) is 0 Å². The van der Waals surface area contributed by atoms with Gasteiger partial charge in [-0.05, 0) is 6.42 Å². The van der Waals surface area contributed by atoms with Gasteiger partial charge in [0.1, 0.15) is 0 Å². The molecule has 1 amide bonds. The molecular weight excluding hydrogens is 222 g/mol. The summed E-state index contributed by atoms with van der Waals surface area (Å²) >= 11 is 0. The summed E-state index contributed by atoms with van der Waals surface area (Å²) in [7, 11) is 0. The topological polar surface area (TPSA) is 90.5 Å². The SMILES string of the molecule is CCCNC(=O)CCNC1(CC(=O)O)CNC1. The summed E-state index contributed by atoms with van der Waals surface area (Å²) < 4.78 is 0. The van der Waals surface area contributed by atoms with Crippen LogP contribution < -0.4 is 16.0 Å². The molecule has 1 aliphatic heterocycles. The maximum atomic E-state index is 11.3. The van der Waals surface area contributed by atoms with Gasteiger partial charge in [0, 0.05) is 32.6 Å². The van der Waals surface area contributed by atoms with Gasteiger partial charge in [0.2, 0.25) is 5.91 Å². The molecule has 6 nitrogen and oxygen atoms in total. The quantitative estimate of drug-likeness (QED) is 0.453. The number of carboxylic acids is 1. The fourth-order valence-corrected chi connectivity index (χ4v) is 1.82. The van der Waals surface area contributed by atoms with Crippen molar-refractivity contribution >= 4 is 11.9 Å². The second kappa shape index (κ2) is 6.56. The maximum absolute atomic E-state index is 11.3. The lowest BCUT2D eigenvalue weighted by molar-refractivity contribution is -0.139. The standard InChI is InChI=1S/C11H21N3O3/c1-2-4-13-9(15)3-5-14-11(6-10(16)17)7-12-8-11/h12,14H,2-8H2,1H3,(H,13,15)(H,16,17). The molecule has 0 aromatic heterocycles. The van der Waals surface area contributed by atoms with Gasteiger partial charge >= 0.3 is 5.97 Å². The van der Waals surface area contributed by atoms with E-state index in [-0.39, 0.29) is 17.9 Å². The van der Waals surface area contributed by atoms with E-state index in [1.807, 2.05) is 6.92 Å². The Kier molecular flexibility index (Phi) is 5.37. The maximum Gasteiger partial charge on any atom is 0.305 e. The van der Waals surface area contributed by atoms with Crippen LogP contribution in [-0.2, 0) is 9.59 Å². The van der Waals surface area contributed by atoms with Crippen molar-refractivity contribution in [3.63, 3.8) is 0 Å². The third-order valence-electron chi connectivity index (χ3n) is 2.84. The van der Waals surface area contributed by atoms with E-state index in [0.29, 0.717) is 32.6 Å². The number of carboxylic acid groups (broad SMARTS) is 1. The number of rotatable bonds is 8. The van der Waals surface area contributed by atoms with Crippen molar-refractivity contribution in [3.05, 3.63) is 0 Å². The van der Waals surface area contributed by atoms with Crippen LogP contribution in [0.25, 0.3) is 0 Å². The highest BCUT2D eigenvalue weighted by atomic mass is 16.4. The summed E-state index contributed by atoms with van der Waals surface area (Å²) in [5, 5.41) is 17.8. The fraction of sp³-hybridized carbons (Fsp3) is 0.818. The Labute approximate surface area is 101 Å². The van der Waals surface area contributed by atoms with Crippen molar-refractivity contribution in [1.29, 1.82) is 0 Å². The minimum absolute atomic E-state index is 0.0112. The first-order valence-corrected chi connectivity index (χ1v) is 6.02. The van der Waals surface area contributed by atoms with E-state index in [2.05, 4.69) is 16.0 Å². The van der Waals surface area contributed by atoms with Gasteiger partial charge in [-0.25, -0.2) is 0 Å². The number of carbonyl (C=O) groups excluding carboxylic acids is 1. The first kappa shape index (κ1) is 13.9. The molecule has 0 saturated carbocycles. The predicted molar refractivity (Wildman–Crippen MR) is 63.8 cm³/mol. The van der Waals surface area contributed by atoms with E-state index in [1.165, 1.54) is 0 Å².